The molecule has 2 heterocycles. The van der Waals surface area contributed by atoms with Crippen LogP contribution in [0.2, 0.25) is 0 Å². The van der Waals surface area contributed by atoms with Gasteiger partial charge in [-0.05, 0) is 79.0 Å². The van der Waals surface area contributed by atoms with Crippen molar-refractivity contribution in [3.63, 3.8) is 0 Å². The maximum absolute atomic E-state index is 6.49. The van der Waals surface area contributed by atoms with Crippen molar-refractivity contribution < 1.29 is 8.83 Å². The molecule has 0 atom stereocenters. The highest BCUT2D eigenvalue weighted by Crippen LogP contribution is 2.48. The first-order valence-corrected chi connectivity index (χ1v) is 17.1. The fourth-order valence-electron chi connectivity index (χ4n) is 8.30. The molecule has 0 aliphatic heterocycles. The smallest absolute Gasteiger partial charge is 0.143 e. The zero-order chi connectivity index (χ0) is 32.8. The molecule has 0 aliphatic rings. The maximum atomic E-state index is 6.49. The van der Waals surface area contributed by atoms with Gasteiger partial charge in [-0.1, -0.05) is 146 Å². The number of fused-ring (bicyclic) bond motifs is 10. The lowest BCUT2D eigenvalue weighted by Crippen LogP contribution is -1.92. The quantitative estimate of drug-likeness (QED) is 0.180. The Labute approximate surface area is 287 Å². The predicted octanol–water partition coefficient (Wildman–Crippen LogP) is 13.9. The van der Waals surface area contributed by atoms with Crippen LogP contribution < -0.4 is 0 Å². The maximum Gasteiger partial charge on any atom is 0.143 e. The van der Waals surface area contributed by atoms with Crippen LogP contribution in [0.3, 0.4) is 0 Å². The van der Waals surface area contributed by atoms with Gasteiger partial charge in [-0.15, -0.1) is 0 Å². The van der Waals surface area contributed by atoms with Gasteiger partial charge in [0.25, 0.3) is 0 Å². The van der Waals surface area contributed by atoms with Gasteiger partial charge in [0.1, 0.15) is 22.3 Å². The molecule has 2 nitrogen and oxygen atoms in total. The lowest BCUT2D eigenvalue weighted by atomic mass is 9.84. The predicted molar refractivity (Wildman–Crippen MR) is 210 cm³/mol. The third-order valence-electron chi connectivity index (χ3n) is 10.5. The molecule has 232 valence electrons. The van der Waals surface area contributed by atoms with Crippen molar-refractivity contribution in [1.82, 2.24) is 0 Å². The highest BCUT2D eigenvalue weighted by atomic mass is 16.3. The van der Waals surface area contributed by atoms with E-state index in [9.17, 15) is 0 Å². The van der Waals surface area contributed by atoms with E-state index < -0.39 is 0 Å². The van der Waals surface area contributed by atoms with Crippen molar-refractivity contribution in [1.29, 1.82) is 0 Å². The van der Waals surface area contributed by atoms with E-state index in [2.05, 4.69) is 152 Å². The van der Waals surface area contributed by atoms with E-state index in [1.165, 1.54) is 49.2 Å². The second-order valence-corrected chi connectivity index (χ2v) is 13.1. The van der Waals surface area contributed by atoms with E-state index >= 15 is 0 Å². The summed E-state index contributed by atoms with van der Waals surface area (Å²) in [6.45, 7) is 0. The minimum Gasteiger partial charge on any atom is -0.455 e. The van der Waals surface area contributed by atoms with E-state index in [0.717, 1.165) is 60.4 Å². The second-order valence-electron chi connectivity index (χ2n) is 13.1. The Morgan fingerprint density at radius 3 is 1.40 bits per heavy atom. The molecule has 11 rings (SSSR count). The number of para-hydroxylation sites is 3. The van der Waals surface area contributed by atoms with Crippen molar-refractivity contribution in [2.75, 3.05) is 0 Å². The van der Waals surface area contributed by atoms with Crippen molar-refractivity contribution in [3.8, 4) is 33.4 Å². The Hall–Kier alpha value is -6.64. The van der Waals surface area contributed by atoms with Gasteiger partial charge in [-0.25, -0.2) is 0 Å². The number of hydrogen-bond donors (Lipinski definition) is 0. The van der Waals surface area contributed by atoms with Crippen molar-refractivity contribution in [3.05, 3.63) is 170 Å². The van der Waals surface area contributed by atoms with Gasteiger partial charge in [0, 0.05) is 32.5 Å². The molecule has 50 heavy (non-hydrogen) atoms. The van der Waals surface area contributed by atoms with E-state index in [4.69, 9.17) is 8.83 Å². The summed E-state index contributed by atoms with van der Waals surface area (Å²) in [4.78, 5) is 0. The van der Waals surface area contributed by atoms with Crippen LogP contribution in [0.5, 0.6) is 0 Å². The van der Waals surface area contributed by atoms with Crippen LogP contribution in [-0.4, -0.2) is 0 Å². The van der Waals surface area contributed by atoms with Gasteiger partial charge in [0.05, 0.1) is 0 Å². The Kier molecular flexibility index (Phi) is 5.70. The molecule has 2 aromatic heterocycles. The average molecular weight is 637 g/mol. The average Bonchev–Trinajstić information content (AvgIpc) is 3.75. The first kappa shape index (κ1) is 27.3. The zero-order valence-corrected chi connectivity index (χ0v) is 27.0. The molecule has 0 fully saturated rings. The topological polar surface area (TPSA) is 26.3 Å². The highest BCUT2D eigenvalue weighted by Gasteiger charge is 2.21. The summed E-state index contributed by atoms with van der Waals surface area (Å²) in [5.41, 5.74) is 10.8. The van der Waals surface area contributed by atoms with Gasteiger partial charge in [0.15, 0.2) is 0 Å². The van der Waals surface area contributed by atoms with Crippen molar-refractivity contribution >= 4 is 76.2 Å². The first-order valence-electron chi connectivity index (χ1n) is 17.1. The summed E-state index contributed by atoms with van der Waals surface area (Å²) in [7, 11) is 0. The molecule has 0 radical (unpaired) electrons. The Bertz CT molecular complexity index is 3100. The fraction of sp³-hybridized carbons (Fsp3) is 0. The largest absolute Gasteiger partial charge is 0.455 e. The minimum absolute atomic E-state index is 0.910. The third-order valence-corrected chi connectivity index (χ3v) is 10.5. The van der Waals surface area contributed by atoms with Gasteiger partial charge in [-0.2, -0.15) is 0 Å². The minimum atomic E-state index is 0.910. The molecule has 11 aromatic rings. The molecule has 0 aliphatic carbocycles. The number of rotatable bonds is 3. The van der Waals surface area contributed by atoms with Gasteiger partial charge < -0.3 is 8.83 Å². The van der Waals surface area contributed by atoms with Crippen LogP contribution in [0, 0.1) is 0 Å². The third kappa shape index (κ3) is 3.85. The van der Waals surface area contributed by atoms with Crippen LogP contribution in [0.15, 0.2) is 179 Å². The van der Waals surface area contributed by atoms with E-state index in [0.29, 0.717) is 0 Å². The van der Waals surface area contributed by atoms with Gasteiger partial charge in [-0.3, -0.25) is 0 Å². The molecule has 0 unspecified atom stereocenters. The SMILES string of the molecule is c1cc(-c2c3ccccc3c(-c3cc4c5ccccc5oc4c4ccccc34)c3ccccc23)cc(-c2cccc3c2oc2ccccc23)c1. The Morgan fingerprint density at radius 1 is 0.260 bits per heavy atom. The standard InChI is InChI=1S/C48H28O2/c1-6-22-39-32(15-1)41(28-42-34-17-8-10-26-44(34)50-48(39)42)46-37-20-4-2-18-35(37)45(36-19-3-5-21-38(36)46)30-14-11-13-29(27-30)31-23-12-24-40-33-16-7-9-25-43(33)49-47(31)40/h1-28H. The van der Waals surface area contributed by atoms with Gasteiger partial charge in [0.2, 0.25) is 0 Å². The van der Waals surface area contributed by atoms with Crippen LogP contribution in [0.25, 0.3) is 110 Å². The van der Waals surface area contributed by atoms with Crippen LogP contribution in [-0.2, 0) is 0 Å². The molecule has 0 saturated carbocycles. The number of furan rings is 2. The summed E-state index contributed by atoms with van der Waals surface area (Å²) in [5.74, 6) is 0. The first-order chi connectivity index (χ1) is 24.8. The summed E-state index contributed by atoms with van der Waals surface area (Å²) >= 11 is 0. The second kappa shape index (κ2) is 10.4. The summed E-state index contributed by atoms with van der Waals surface area (Å²) in [5, 5.41) is 11.8. The van der Waals surface area contributed by atoms with E-state index in [1.807, 2.05) is 18.2 Å². The van der Waals surface area contributed by atoms with Crippen molar-refractivity contribution in [2.24, 2.45) is 0 Å². The molecular weight excluding hydrogens is 609 g/mol. The molecule has 0 saturated heterocycles. The molecule has 0 N–H and O–H groups in total. The van der Waals surface area contributed by atoms with Crippen LogP contribution >= 0.6 is 0 Å². The zero-order valence-electron chi connectivity index (χ0n) is 27.0. The van der Waals surface area contributed by atoms with Gasteiger partial charge >= 0.3 is 0 Å². The molecular formula is C48H28O2. The normalized spacial score (nSPS) is 12.0. The summed E-state index contributed by atoms with van der Waals surface area (Å²) in [6.07, 6.45) is 0. The lowest BCUT2D eigenvalue weighted by molar-refractivity contribution is 0.670. The highest BCUT2D eigenvalue weighted by molar-refractivity contribution is 6.27. The fourth-order valence-corrected chi connectivity index (χ4v) is 8.30. The van der Waals surface area contributed by atoms with E-state index in [-0.39, 0.29) is 0 Å². The molecule has 0 bridgehead atoms. The van der Waals surface area contributed by atoms with Crippen LogP contribution in [0.4, 0.5) is 0 Å². The monoisotopic (exact) mass is 636 g/mol. The molecule has 9 aromatic carbocycles. The Morgan fingerprint density at radius 2 is 0.720 bits per heavy atom. The molecule has 0 amide bonds. The molecule has 2 heteroatoms. The van der Waals surface area contributed by atoms with Crippen LogP contribution in [0.1, 0.15) is 0 Å². The lowest BCUT2D eigenvalue weighted by Gasteiger charge is -2.19. The summed E-state index contributed by atoms with van der Waals surface area (Å²) in [6, 6.07) is 60.8. The van der Waals surface area contributed by atoms with Crippen molar-refractivity contribution in [2.45, 2.75) is 0 Å². The Balaban J connectivity index is 1.21. The van der Waals surface area contributed by atoms with E-state index in [1.54, 1.807) is 0 Å². The molecule has 0 spiro atoms. The number of benzene rings is 9. The number of hydrogen-bond acceptors (Lipinski definition) is 2. The summed E-state index contributed by atoms with van der Waals surface area (Å²) < 4.78 is 13.0.